The molecule has 0 aliphatic heterocycles. The van der Waals surface area contributed by atoms with Gasteiger partial charge in [0.2, 0.25) is 0 Å². The van der Waals surface area contributed by atoms with E-state index in [1.54, 1.807) is 25.3 Å². The molecular weight excluding hydrogens is 376 g/mol. The van der Waals surface area contributed by atoms with Gasteiger partial charge in [0.1, 0.15) is 11.6 Å². The number of nitrogens with one attached hydrogen (secondary N) is 1. The van der Waals surface area contributed by atoms with Gasteiger partial charge in [0, 0.05) is 5.69 Å². The average molecular weight is 407 g/mol. The van der Waals surface area contributed by atoms with Gasteiger partial charge in [-0.15, -0.1) is 0 Å². The first-order chi connectivity index (χ1) is 14.4. The van der Waals surface area contributed by atoms with Crippen molar-refractivity contribution in [2.45, 2.75) is 47.0 Å². The molecule has 0 saturated heterocycles. The van der Waals surface area contributed by atoms with Gasteiger partial charge in [0.05, 0.1) is 13.7 Å². The summed E-state index contributed by atoms with van der Waals surface area (Å²) in [7, 11) is 1.57. The molecule has 0 aliphatic rings. The Hall–Kier alpha value is -3.26. The number of benzene rings is 2. The lowest BCUT2D eigenvalue weighted by Crippen LogP contribution is -2.15. The van der Waals surface area contributed by atoms with Crippen molar-refractivity contribution in [1.29, 1.82) is 5.26 Å². The number of hydrogen-bond donors (Lipinski definition) is 1. The lowest BCUT2D eigenvalue weighted by Gasteiger charge is -2.13. The molecule has 5 heteroatoms. The zero-order valence-corrected chi connectivity index (χ0v) is 18.5. The number of carbonyl (C=O) groups is 1. The minimum Gasteiger partial charge on any atom is -0.493 e. The molecule has 1 amide bonds. The summed E-state index contributed by atoms with van der Waals surface area (Å²) in [6.07, 6.45) is 4.78. The van der Waals surface area contributed by atoms with Gasteiger partial charge < -0.3 is 14.8 Å². The Labute approximate surface area is 179 Å². The highest BCUT2D eigenvalue weighted by Crippen LogP contribution is 2.29. The standard InChI is InChI=1S/C25H30N2O3/c1-6-7-8-11-30-22-10-9-20(15-23(22)29-5)14-21(16-26)25(28)27-24-18(3)12-17(2)13-19(24)4/h9-10,12-15H,6-8,11H2,1-5H3,(H,27,28)/b21-14+. The van der Waals surface area contributed by atoms with Gasteiger partial charge in [-0.1, -0.05) is 43.5 Å². The molecule has 0 atom stereocenters. The van der Waals surface area contributed by atoms with Gasteiger partial charge in [-0.25, -0.2) is 0 Å². The van der Waals surface area contributed by atoms with Crippen LogP contribution in [0, 0.1) is 32.1 Å². The van der Waals surface area contributed by atoms with Crippen LogP contribution in [0.3, 0.4) is 0 Å². The third kappa shape index (κ3) is 6.12. The smallest absolute Gasteiger partial charge is 0.266 e. The molecule has 0 unspecified atom stereocenters. The summed E-state index contributed by atoms with van der Waals surface area (Å²) < 4.78 is 11.2. The van der Waals surface area contributed by atoms with E-state index >= 15 is 0 Å². The fourth-order valence-corrected chi connectivity index (χ4v) is 3.30. The molecule has 2 aromatic carbocycles. The largest absolute Gasteiger partial charge is 0.493 e. The lowest BCUT2D eigenvalue weighted by molar-refractivity contribution is -0.112. The second-order valence-corrected chi connectivity index (χ2v) is 7.36. The predicted octanol–water partition coefficient (Wildman–Crippen LogP) is 5.74. The first kappa shape index (κ1) is 23.0. The molecule has 2 aromatic rings. The fourth-order valence-electron chi connectivity index (χ4n) is 3.30. The second-order valence-electron chi connectivity index (χ2n) is 7.36. The summed E-state index contributed by atoms with van der Waals surface area (Å²) in [5.41, 5.74) is 4.50. The van der Waals surface area contributed by atoms with Crippen molar-refractivity contribution >= 4 is 17.7 Å². The van der Waals surface area contributed by atoms with E-state index in [0.717, 1.165) is 41.6 Å². The molecule has 2 rings (SSSR count). The van der Waals surface area contributed by atoms with E-state index in [-0.39, 0.29) is 5.57 Å². The van der Waals surface area contributed by atoms with Crippen molar-refractivity contribution in [3.05, 3.63) is 58.2 Å². The number of hydrogen-bond acceptors (Lipinski definition) is 4. The van der Waals surface area contributed by atoms with Crippen LogP contribution < -0.4 is 14.8 Å². The molecule has 0 saturated carbocycles. The third-order valence-corrected chi connectivity index (χ3v) is 4.78. The summed E-state index contributed by atoms with van der Waals surface area (Å²) in [5, 5.41) is 12.4. The molecule has 0 aromatic heterocycles. The molecule has 5 nitrogen and oxygen atoms in total. The molecule has 0 bridgehead atoms. The molecular formula is C25H30N2O3. The highest BCUT2D eigenvalue weighted by atomic mass is 16.5. The lowest BCUT2D eigenvalue weighted by atomic mass is 10.0. The van der Waals surface area contributed by atoms with Gasteiger partial charge in [0.25, 0.3) is 5.91 Å². The predicted molar refractivity (Wildman–Crippen MR) is 121 cm³/mol. The zero-order chi connectivity index (χ0) is 22.1. The topological polar surface area (TPSA) is 71.3 Å². The summed E-state index contributed by atoms with van der Waals surface area (Å²) in [4.78, 5) is 12.7. The Morgan fingerprint density at radius 3 is 2.40 bits per heavy atom. The number of rotatable bonds is 9. The molecule has 0 spiro atoms. The monoisotopic (exact) mass is 406 g/mol. The van der Waals surface area contributed by atoms with Gasteiger partial charge in [-0.05, 0) is 62.1 Å². The maximum atomic E-state index is 12.7. The number of unbranched alkanes of at least 4 members (excludes halogenated alkanes) is 2. The minimum absolute atomic E-state index is 0.0213. The van der Waals surface area contributed by atoms with Gasteiger partial charge in [-0.2, -0.15) is 5.26 Å². The number of nitrogens with zero attached hydrogens (tertiary/aromatic N) is 1. The molecule has 0 heterocycles. The van der Waals surface area contributed by atoms with Crippen molar-refractivity contribution in [2.24, 2.45) is 0 Å². The van der Waals surface area contributed by atoms with Crippen molar-refractivity contribution in [1.82, 2.24) is 0 Å². The van der Waals surface area contributed by atoms with Crippen LogP contribution in [-0.4, -0.2) is 19.6 Å². The molecule has 30 heavy (non-hydrogen) atoms. The number of carbonyl (C=O) groups excluding carboxylic acids is 1. The van der Waals surface area contributed by atoms with Crippen molar-refractivity contribution in [3.8, 4) is 17.6 Å². The normalized spacial score (nSPS) is 11.0. The SMILES string of the molecule is CCCCCOc1ccc(/C=C(\C#N)C(=O)Nc2c(C)cc(C)cc2C)cc1OC. The quantitative estimate of drug-likeness (QED) is 0.328. The molecule has 158 valence electrons. The average Bonchev–Trinajstić information content (AvgIpc) is 2.72. The number of nitriles is 1. The van der Waals surface area contributed by atoms with Crippen LogP contribution >= 0.6 is 0 Å². The van der Waals surface area contributed by atoms with E-state index in [1.807, 2.05) is 45.0 Å². The van der Waals surface area contributed by atoms with E-state index in [9.17, 15) is 10.1 Å². The molecule has 0 radical (unpaired) electrons. The number of aryl methyl sites for hydroxylation is 3. The minimum atomic E-state index is -0.439. The van der Waals surface area contributed by atoms with Crippen molar-refractivity contribution < 1.29 is 14.3 Å². The Kier molecular flexibility index (Phi) is 8.49. The van der Waals surface area contributed by atoms with Gasteiger partial charge in [-0.3, -0.25) is 4.79 Å². The summed E-state index contributed by atoms with van der Waals surface area (Å²) in [5.74, 6) is 0.786. The Morgan fingerprint density at radius 2 is 1.80 bits per heavy atom. The molecule has 1 N–H and O–H groups in total. The highest BCUT2D eigenvalue weighted by molar-refractivity contribution is 6.10. The van der Waals surface area contributed by atoms with Crippen LogP contribution in [0.4, 0.5) is 5.69 Å². The Balaban J connectivity index is 2.21. The summed E-state index contributed by atoms with van der Waals surface area (Å²) >= 11 is 0. The zero-order valence-electron chi connectivity index (χ0n) is 18.5. The van der Waals surface area contributed by atoms with Crippen LogP contribution in [0.25, 0.3) is 6.08 Å². The number of amides is 1. The van der Waals surface area contributed by atoms with E-state index in [2.05, 4.69) is 12.2 Å². The van der Waals surface area contributed by atoms with E-state index in [0.29, 0.717) is 23.7 Å². The Morgan fingerprint density at radius 1 is 1.10 bits per heavy atom. The fraction of sp³-hybridized carbons (Fsp3) is 0.360. The second kappa shape index (κ2) is 11.1. The van der Waals surface area contributed by atoms with Crippen LogP contribution in [0.15, 0.2) is 35.9 Å². The highest BCUT2D eigenvalue weighted by Gasteiger charge is 2.14. The number of methoxy groups -OCH3 is 1. The van der Waals surface area contributed by atoms with Crippen LogP contribution in [0.1, 0.15) is 48.4 Å². The molecule has 0 fully saturated rings. The third-order valence-electron chi connectivity index (χ3n) is 4.78. The Bertz CT molecular complexity index is 948. The summed E-state index contributed by atoms with van der Waals surface area (Å²) in [6.45, 7) is 8.66. The van der Waals surface area contributed by atoms with Crippen LogP contribution in [0.2, 0.25) is 0 Å². The van der Waals surface area contributed by atoms with Crippen molar-refractivity contribution in [2.75, 3.05) is 19.0 Å². The van der Waals surface area contributed by atoms with Crippen LogP contribution in [0.5, 0.6) is 11.5 Å². The first-order valence-electron chi connectivity index (χ1n) is 10.2. The van der Waals surface area contributed by atoms with Gasteiger partial charge in [0.15, 0.2) is 11.5 Å². The van der Waals surface area contributed by atoms with E-state index in [1.165, 1.54) is 0 Å². The molecule has 0 aliphatic carbocycles. The van der Waals surface area contributed by atoms with Crippen LogP contribution in [-0.2, 0) is 4.79 Å². The maximum absolute atomic E-state index is 12.7. The number of ether oxygens (including phenoxy) is 2. The van der Waals surface area contributed by atoms with Crippen molar-refractivity contribution in [3.63, 3.8) is 0 Å². The first-order valence-corrected chi connectivity index (χ1v) is 10.2. The van der Waals surface area contributed by atoms with E-state index in [4.69, 9.17) is 9.47 Å². The summed E-state index contributed by atoms with van der Waals surface area (Å²) in [6, 6.07) is 11.4. The van der Waals surface area contributed by atoms with Gasteiger partial charge >= 0.3 is 0 Å². The maximum Gasteiger partial charge on any atom is 0.266 e. The van der Waals surface area contributed by atoms with E-state index < -0.39 is 5.91 Å². The number of anilines is 1.